The lowest BCUT2D eigenvalue weighted by molar-refractivity contribution is 0.0601. The molecule has 0 saturated carbocycles. The Kier molecular flexibility index (Phi) is 3.77. The van der Waals surface area contributed by atoms with Crippen molar-refractivity contribution in [2.75, 3.05) is 7.11 Å². The number of hydrogen-bond donors (Lipinski definition) is 1. The third-order valence-corrected chi connectivity index (χ3v) is 3.09. The van der Waals surface area contributed by atoms with Gasteiger partial charge in [0.25, 0.3) is 0 Å². The number of aromatic nitrogens is 3. The van der Waals surface area contributed by atoms with Crippen molar-refractivity contribution < 1.29 is 9.53 Å². The number of rotatable bonds is 4. The number of hydrogen-bond acceptors (Lipinski definition) is 5. The number of benzene rings is 1. The molecule has 17 heavy (non-hydrogen) atoms. The minimum absolute atomic E-state index is 0.320. The van der Waals surface area contributed by atoms with Crippen LogP contribution < -0.4 is 0 Å². The summed E-state index contributed by atoms with van der Waals surface area (Å²) in [7, 11) is 1.37. The van der Waals surface area contributed by atoms with Crippen molar-refractivity contribution in [1.82, 2.24) is 15.2 Å². The van der Waals surface area contributed by atoms with Gasteiger partial charge in [-0.15, -0.1) is 0 Å². The molecule has 0 aliphatic carbocycles. The van der Waals surface area contributed by atoms with Crippen molar-refractivity contribution in [3.63, 3.8) is 0 Å². The minimum atomic E-state index is -0.320. The maximum atomic E-state index is 11.2. The number of H-pyrrole nitrogens is 1. The average molecular weight is 249 g/mol. The molecule has 0 fully saturated rings. The molecule has 1 aromatic heterocycles. The zero-order valence-electron chi connectivity index (χ0n) is 9.21. The van der Waals surface area contributed by atoms with Crippen molar-refractivity contribution in [3.05, 3.63) is 41.7 Å². The van der Waals surface area contributed by atoms with Crippen LogP contribution in [0.5, 0.6) is 0 Å². The summed E-state index contributed by atoms with van der Waals surface area (Å²) in [5.41, 5.74) is 1.67. The summed E-state index contributed by atoms with van der Waals surface area (Å²) in [6.07, 6.45) is 1.47. The fourth-order valence-electron chi connectivity index (χ4n) is 1.27. The van der Waals surface area contributed by atoms with Crippen LogP contribution in [0.3, 0.4) is 0 Å². The average Bonchev–Trinajstić information content (AvgIpc) is 2.89. The van der Waals surface area contributed by atoms with Gasteiger partial charge in [-0.2, -0.15) is 5.10 Å². The molecule has 0 saturated heterocycles. The number of ether oxygens (including phenoxy) is 1. The van der Waals surface area contributed by atoms with Crippen LogP contribution in [0.2, 0.25) is 0 Å². The highest BCUT2D eigenvalue weighted by Gasteiger charge is 2.04. The Morgan fingerprint density at radius 1 is 1.41 bits per heavy atom. The van der Waals surface area contributed by atoms with Gasteiger partial charge in [0.1, 0.15) is 6.33 Å². The van der Waals surface area contributed by atoms with Crippen molar-refractivity contribution in [1.29, 1.82) is 0 Å². The topological polar surface area (TPSA) is 67.9 Å². The number of esters is 1. The zero-order chi connectivity index (χ0) is 12.1. The largest absolute Gasteiger partial charge is 0.465 e. The van der Waals surface area contributed by atoms with Gasteiger partial charge in [-0.3, -0.25) is 5.10 Å². The molecule has 0 unspecified atom stereocenters. The molecular formula is C11H11N3O2S. The van der Waals surface area contributed by atoms with Crippen LogP contribution in [0.1, 0.15) is 15.9 Å². The first-order valence-corrected chi connectivity index (χ1v) is 5.93. The number of methoxy groups -OCH3 is 1. The first-order valence-electron chi connectivity index (χ1n) is 4.95. The third-order valence-electron chi connectivity index (χ3n) is 2.14. The number of nitrogens with zero attached hydrogens (tertiary/aromatic N) is 2. The van der Waals surface area contributed by atoms with Gasteiger partial charge in [-0.1, -0.05) is 23.9 Å². The normalized spacial score (nSPS) is 10.2. The van der Waals surface area contributed by atoms with Crippen LogP contribution in [-0.2, 0) is 10.5 Å². The summed E-state index contributed by atoms with van der Waals surface area (Å²) in [5.74, 6) is 0.454. The summed E-state index contributed by atoms with van der Waals surface area (Å²) in [6.45, 7) is 0. The standard InChI is InChI=1S/C11H11N3O2S/c1-16-10(15)9-4-2-8(3-5-9)6-17-11-12-7-13-14-11/h2-5,7H,6H2,1H3,(H,12,13,14). The molecule has 0 bridgehead atoms. The van der Waals surface area contributed by atoms with E-state index in [2.05, 4.69) is 19.9 Å². The Morgan fingerprint density at radius 3 is 2.76 bits per heavy atom. The number of thioether (sulfide) groups is 1. The van der Waals surface area contributed by atoms with E-state index in [1.807, 2.05) is 12.1 Å². The van der Waals surface area contributed by atoms with E-state index in [0.717, 1.165) is 16.5 Å². The lowest BCUT2D eigenvalue weighted by atomic mass is 10.1. The number of nitrogens with one attached hydrogen (secondary N) is 1. The van der Waals surface area contributed by atoms with Gasteiger partial charge in [-0.05, 0) is 17.7 Å². The van der Waals surface area contributed by atoms with E-state index in [1.165, 1.54) is 13.4 Å². The molecule has 0 atom stereocenters. The molecule has 2 rings (SSSR count). The fourth-order valence-corrected chi connectivity index (χ4v) is 2.01. The van der Waals surface area contributed by atoms with Crippen LogP contribution in [0, 0.1) is 0 Å². The molecular weight excluding hydrogens is 238 g/mol. The molecule has 0 radical (unpaired) electrons. The minimum Gasteiger partial charge on any atom is -0.465 e. The van der Waals surface area contributed by atoms with Gasteiger partial charge in [0.05, 0.1) is 12.7 Å². The molecule has 88 valence electrons. The highest BCUT2D eigenvalue weighted by atomic mass is 32.2. The third kappa shape index (κ3) is 3.07. The summed E-state index contributed by atoms with van der Waals surface area (Å²) in [6, 6.07) is 7.30. The summed E-state index contributed by atoms with van der Waals surface area (Å²) >= 11 is 1.55. The molecule has 1 aromatic carbocycles. The molecule has 5 nitrogen and oxygen atoms in total. The van der Waals surface area contributed by atoms with Gasteiger partial charge in [-0.25, -0.2) is 9.78 Å². The zero-order valence-corrected chi connectivity index (χ0v) is 10.0. The maximum Gasteiger partial charge on any atom is 0.337 e. The van der Waals surface area contributed by atoms with Gasteiger partial charge in [0.15, 0.2) is 5.16 Å². The monoisotopic (exact) mass is 249 g/mol. The molecule has 1 N–H and O–H groups in total. The van der Waals surface area contributed by atoms with E-state index >= 15 is 0 Å². The van der Waals surface area contributed by atoms with Crippen LogP contribution in [0.25, 0.3) is 0 Å². The van der Waals surface area contributed by atoms with Crippen molar-refractivity contribution in [2.24, 2.45) is 0 Å². The van der Waals surface area contributed by atoms with E-state index in [-0.39, 0.29) is 5.97 Å². The predicted octanol–water partition coefficient (Wildman–Crippen LogP) is 1.88. The van der Waals surface area contributed by atoms with Gasteiger partial charge >= 0.3 is 5.97 Å². The SMILES string of the molecule is COC(=O)c1ccc(CSc2ncn[nH]2)cc1. The second-order valence-corrected chi connectivity index (χ2v) is 4.23. The number of carbonyl (C=O) groups is 1. The number of carbonyl (C=O) groups excluding carboxylic acids is 1. The van der Waals surface area contributed by atoms with Crippen molar-refractivity contribution >= 4 is 17.7 Å². The second-order valence-electron chi connectivity index (χ2n) is 3.27. The lowest BCUT2D eigenvalue weighted by Gasteiger charge is -2.01. The van der Waals surface area contributed by atoms with Crippen LogP contribution in [-0.4, -0.2) is 28.3 Å². The molecule has 0 aliphatic rings. The molecule has 2 aromatic rings. The molecule has 0 amide bonds. The fraction of sp³-hybridized carbons (Fsp3) is 0.182. The van der Waals surface area contributed by atoms with Crippen molar-refractivity contribution in [3.8, 4) is 0 Å². The van der Waals surface area contributed by atoms with E-state index in [4.69, 9.17) is 0 Å². The first-order chi connectivity index (χ1) is 8.29. The van der Waals surface area contributed by atoms with Gasteiger partial charge in [0.2, 0.25) is 0 Å². The molecule has 6 heteroatoms. The summed E-state index contributed by atoms with van der Waals surface area (Å²) in [4.78, 5) is 15.2. The van der Waals surface area contributed by atoms with Gasteiger partial charge < -0.3 is 4.74 Å². The smallest absolute Gasteiger partial charge is 0.337 e. The Labute approximate surface area is 103 Å². The Bertz CT molecular complexity index is 482. The summed E-state index contributed by atoms with van der Waals surface area (Å²) in [5, 5.41) is 7.32. The van der Waals surface area contributed by atoms with E-state index < -0.39 is 0 Å². The van der Waals surface area contributed by atoms with E-state index in [0.29, 0.717) is 5.56 Å². The molecule has 0 aliphatic heterocycles. The van der Waals surface area contributed by atoms with Crippen LogP contribution in [0.4, 0.5) is 0 Å². The highest BCUT2D eigenvalue weighted by molar-refractivity contribution is 7.98. The maximum absolute atomic E-state index is 11.2. The van der Waals surface area contributed by atoms with Crippen LogP contribution in [0.15, 0.2) is 35.7 Å². The lowest BCUT2D eigenvalue weighted by Crippen LogP contribution is -2.00. The second kappa shape index (κ2) is 5.49. The number of aromatic amines is 1. The first kappa shape index (κ1) is 11.7. The molecule has 0 spiro atoms. The Balaban J connectivity index is 1.96. The quantitative estimate of drug-likeness (QED) is 0.662. The molecule has 1 heterocycles. The Hall–Kier alpha value is -1.82. The van der Waals surface area contributed by atoms with E-state index in [1.54, 1.807) is 23.9 Å². The highest BCUT2D eigenvalue weighted by Crippen LogP contribution is 2.18. The van der Waals surface area contributed by atoms with Crippen molar-refractivity contribution in [2.45, 2.75) is 10.9 Å². The Morgan fingerprint density at radius 2 is 2.18 bits per heavy atom. The predicted molar refractivity (Wildman–Crippen MR) is 63.7 cm³/mol. The van der Waals surface area contributed by atoms with E-state index in [9.17, 15) is 4.79 Å². The van der Waals surface area contributed by atoms with Crippen LogP contribution >= 0.6 is 11.8 Å². The van der Waals surface area contributed by atoms with Gasteiger partial charge in [0, 0.05) is 5.75 Å². The summed E-state index contributed by atoms with van der Waals surface area (Å²) < 4.78 is 4.63.